The van der Waals surface area contributed by atoms with Crippen LogP contribution >= 0.6 is 23.7 Å². The van der Waals surface area contributed by atoms with Crippen LogP contribution in [-0.4, -0.2) is 20.9 Å². The molecule has 2 heterocycles. The fourth-order valence-corrected chi connectivity index (χ4v) is 4.69. The highest BCUT2D eigenvalue weighted by molar-refractivity contribution is 7.92. The van der Waals surface area contributed by atoms with Crippen LogP contribution in [0.2, 0.25) is 0 Å². The van der Waals surface area contributed by atoms with Crippen LogP contribution < -0.4 is 5.32 Å². The number of carbonyl (C=O) groups is 1. The molecule has 26 heavy (non-hydrogen) atoms. The molecule has 1 aromatic carbocycles. The van der Waals surface area contributed by atoms with Crippen LogP contribution in [0.4, 0.5) is 3.89 Å². The number of halogens is 1. The number of aromatic nitrogens is 2. The number of thiazole rings is 1. The second kappa shape index (κ2) is 7.40. The van der Waals surface area contributed by atoms with Crippen LogP contribution in [0, 0.1) is 5.92 Å². The van der Waals surface area contributed by atoms with Gasteiger partial charge in [0.05, 0.1) is 15.9 Å². The Morgan fingerprint density at radius 2 is 2.23 bits per heavy atom. The molecule has 1 saturated carbocycles. The molecule has 4 rings (SSSR count). The van der Waals surface area contributed by atoms with Gasteiger partial charge in [0.25, 0.3) is 5.91 Å². The van der Waals surface area contributed by atoms with Gasteiger partial charge in [-0.2, -0.15) is 0 Å². The first-order valence-corrected chi connectivity index (χ1v) is 10.4. The fraction of sp³-hybridized carbons (Fsp3) is 0.368. The number of rotatable bonds is 4. The van der Waals surface area contributed by atoms with E-state index in [1.807, 2.05) is 12.1 Å². The first kappa shape index (κ1) is 17.5. The number of nitrogens with one attached hydrogen (secondary N) is 1. The number of hydrogen-bond donors (Lipinski definition) is 1. The van der Waals surface area contributed by atoms with Gasteiger partial charge in [-0.15, -0.1) is 15.2 Å². The van der Waals surface area contributed by atoms with Crippen LogP contribution in [0.3, 0.4) is 0 Å². The van der Waals surface area contributed by atoms with E-state index in [-0.39, 0.29) is 24.3 Å². The first-order valence-electron chi connectivity index (χ1n) is 8.81. The molecular formula is C19H20FN3OS2. The molecule has 0 spiro atoms. The molecule has 0 aliphatic heterocycles. The van der Waals surface area contributed by atoms with Crippen LogP contribution in [0.1, 0.15) is 43.0 Å². The monoisotopic (exact) mass is 389 g/mol. The van der Waals surface area contributed by atoms with E-state index in [4.69, 9.17) is 0 Å². The van der Waals surface area contributed by atoms with Crippen molar-refractivity contribution in [2.45, 2.75) is 38.6 Å². The van der Waals surface area contributed by atoms with Gasteiger partial charge in [0.2, 0.25) is 0 Å². The number of amides is 1. The van der Waals surface area contributed by atoms with Gasteiger partial charge in [-0.3, -0.25) is 13.8 Å². The van der Waals surface area contributed by atoms with Crippen molar-refractivity contribution in [1.82, 2.24) is 14.3 Å². The Labute approximate surface area is 160 Å². The summed E-state index contributed by atoms with van der Waals surface area (Å²) in [5.74, 6) is 0.403. The molecule has 4 nitrogen and oxygen atoms in total. The standard InChI is InChI=1S/C19H20FN3OS2/c1-12-4-2-3-5-16(12)22-19(24)15-8-13(18-10-21-11-25-18)9-17-14(15)6-7-23(17)26-20/h6-12,16H,2-5H2,1H3,(H,22,24). The predicted molar refractivity (Wildman–Crippen MR) is 106 cm³/mol. The van der Waals surface area contributed by atoms with E-state index >= 15 is 0 Å². The topological polar surface area (TPSA) is 46.9 Å². The lowest BCUT2D eigenvalue weighted by atomic mass is 9.85. The lowest BCUT2D eigenvalue weighted by Gasteiger charge is -2.29. The van der Waals surface area contributed by atoms with Gasteiger partial charge in [-0.1, -0.05) is 19.8 Å². The predicted octanol–water partition coefficient (Wildman–Crippen LogP) is 5.45. The summed E-state index contributed by atoms with van der Waals surface area (Å²) < 4.78 is 14.7. The summed E-state index contributed by atoms with van der Waals surface area (Å²) in [5, 5.41) is 3.98. The zero-order valence-electron chi connectivity index (χ0n) is 14.4. The molecule has 1 amide bonds. The van der Waals surface area contributed by atoms with Gasteiger partial charge in [-0.05, 0) is 42.5 Å². The van der Waals surface area contributed by atoms with E-state index < -0.39 is 0 Å². The quantitative estimate of drug-likeness (QED) is 0.645. The van der Waals surface area contributed by atoms with Crippen molar-refractivity contribution in [2.75, 3.05) is 0 Å². The van der Waals surface area contributed by atoms with Crippen molar-refractivity contribution in [2.24, 2.45) is 5.92 Å². The van der Waals surface area contributed by atoms with Crippen molar-refractivity contribution in [3.8, 4) is 10.4 Å². The third-order valence-corrected chi connectivity index (χ3v) is 6.53. The van der Waals surface area contributed by atoms with Gasteiger partial charge in [0.15, 0.2) is 12.3 Å². The van der Waals surface area contributed by atoms with E-state index in [1.165, 1.54) is 21.7 Å². The van der Waals surface area contributed by atoms with Crippen LogP contribution in [0.25, 0.3) is 21.3 Å². The van der Waals surface area contributed by atoms with Crippen LogP contribution in [0.15, 0.2) is 36.1 Å². The minimum atomic E-state index is -0.0817. The van der Waals surface area contributed by atoms with E-state index in [0.717, 1.165) is 35.1 Å². The van der Waals surface area contributed by atoms with Crippen LogP contribution in [0.5, 0.6) is 0 Å². The molecule has 0 radical (unpaired) electrons. The Morgan fingerprint density at radius 3 is 2.96 bits per heavy atom. The largest absolute Gasteiger partial charge is 0.349 e. The minimum absolute atomic E-state index is 0.0817. The Balaban J connectivity index is 1.75. The molecule has 1 aliphatic rings. The minimum Gasteiger partial charge on any atom is -0.349 e. The molecule has 1 N–H and O–H groups in total. The number of nitrogens with zero attached hydrogens (tertiary/aromatic N) is 2. The van der Waals surface area contributed by atoms with Crippen molar-refractivity contribution in [3.63, 3.8) is 0 Å². The van der Waals surface area contributed by atoms with E-state index in [1.54, 1.807) is 24.0 Å². The van der Waals surface area contributed by atoms with E-state index in [0.29, 0.717) is 17.0 Å². The van der Waals surface area contributed by atoms with Crippen molar-refractivity contribution in [3.05, 3.63) is 41.7 Å². The summed E-state index contributed by atoms with van der Waals surface area (Å²) in [7, 11) is 0. The zero-order chi connectivity index (χ0) is 18.1. The summed E-state index contributed by atoms with van der Waals surface area (Å²) in [4.78, 5) is 18.1. The summed E-state index contributed by atoms with van der Waals surface area (Å²) >= 11 is 1.64. The lowest BCUT2D eigenvalue weighted by molar-refractivity contribution is 0.0912. The zero-order valence-corrected chi connectivity index (χ0v) is 16.1. The Hall–Kier alpha value is -1.86. The molecule has 2 atom stereocenters. The summed E-state index contributed by atoms with van der Waals surface area (Å²) in [6.45, 7) is 2.20. The normalized spacial score (nSPS) is 20.4. The molecule has 136 valence electrons. The highest BCUT2D eigenvalue weighted by Gasteiger charge is 2.24. The average Bonchev–Trinajstić information content (AvgIpc) is 3.32. The van der Waals surface area contributed by atoms with Gasteiger partial charge >= 0.3 is 0 Å². The molecule has 7 heteroatoms. The molecular weight excluding hydrogens is 369 g/mol. The highest BCUT2D eigenvalue weighted by Crippen LogP contribution is 2.33. The van der Waals surface area contributed by atoms with E-state index in [9.17, 15) is 8.68 Å². The van der Waals surface area contributed by atoms with Gasteiger partial charge in [0.1, 0.15) is 0 Å². The summed E-state index contributed by atoms with van der Waals surface area (Å²) in [6, 6.07) is 5.81. The molecule has 1 fully saturated rings. The number of fused-ring (bicyclic) bond motifs is 1. The lowest BCUT2D eigenvalue weighted by Crippen LogP contribution is -2.41. The summed E-state index contributed by atoms with van der Waals surface area (Å²) in [6.07, 6.45) is 7.98. The third-order valence-electron chi connectivity index (χ3n) is 5.24. The molecule has 2 unspecified atom stereocenters. The Morgan fingerprint density at radius 1 is 1.38 bits per heavy atom. The Kier molecular flexibility index (Phi) is 5.00. The maximum Gasteiger partial charge on any atom is 0.252 e. The SMILES string of the molecule is CC1CCCCC1NC(=O)c1cc(-c2cncs2)cc2c1ccn2SF. The second-order valence-corrected chi connectivity index (χ2v) is 8.29. The number of carbonyl (C=O) groups excluding carboxylic acids is 1. The molecule has 0 saturated heterocycles. The molecule has 0 bridgehead atoms. The second-order valence-electron chi connectivity index (χ2n) is 6.87. The van der Waals surface area contributed by atoms with Gasteiger partial charge < -0.3 is 5.32 Å². The number of hydrogen-bond acceptors (Lipinski definition) is 4. The van der Waals surface area contributed by atoms with Gasteiger partial charge in [-0.25, -0.2) is 0 Å². The Bertz CT molecular complexity index is 922. The van der Waals surface area contributed by atoms with E-state index in [2.05, 4.69) is 17.2 Å². The molecule has 2 aromatic heterocycles. The third kappa shape index (κ3) is 3.25. The van der Waals surface area contributed by atoms with Crippen LogP contribution in [-0.2, 0) is 0 Å². The van der Waals surface area contributed by atoms with Crippen molar-refractivity contribution < 1.29 is 8.68 Å². The maximum atomic E-state index is 13.3. The fourth-order valence-electron chi connectivity index (χ4n) is 3.74. The number of benzene rings is 1. The molecule has 1 aliphatic carbocycles. The maximum absolute atomic E-state index is 13.3. The highest BCUT2D eigenvalue weighted by atomic mass is 32.2. The van der Waals surface area contributed by atoms with Crippen molar-refractivity contribution >= 4 is 40.5 Å². The summed E-state index contributed by atoms with van der Waals surface area (Å²) in [5.41, 5.74) is 3.93. The molecule has 3 aromatic rings. The first-order chi connectivity index (χ1) is 12.7. The van der Waals surface area contributed by atoms with Crippen molar-refractivity contribution in [1.29, 1.82) is 0 Å². The van der Waals surface area contributed by atoms with Gasteiger partial charge in [0, 0.05) is 29.4 Å². The smallest absolute Gasteiger partial charge is 0.252 e. The average molecular weight is 390 g/mol.